The topological polar surface area (TPSA) is 72.7 Å². The van der Waals surface area contributed by atoms with E-state index in [1.807, 2.05) is 61.6 Å². The van der Waals surface area contributed by atoms with Crippen molar-refractivity contribution in [3.05, 3.63) is 106 Å². The molecular formula is C32H29ClN2O4. The Kier molecular flexibility index (Phi) is 8.21. The Bertz CT molecular complexity index is 1530. The summed E-state index contributed by atoms with van der Waals surface area (Å²) in [4.78, 5) is 0. The second kappa shape index (κ2) is 12.1. The molecule has 7 heteroatoms. The average Bonchev–Trinajstić information content (AvgIpc) is 2.97. The second-order valence-corrected chi connectivity index (χ2v) is 9.67. The molecule has 5 rings (SSSR count). The van der Waals surface area contributed by atoms with Gasteiger partial charge in [0.2, 0.25) is 0 Å². The van der Waals surface area contributed by atoms with Crippen molar-refractivity contribution in [2.45, 2.75) is 26.7 Å². The third-order valence-corrected chi connectivity index (χ3v) is 6.91. The zero-order valence-corrected chi connectivity index (χ0v) is 22.7. The van der Waals surface area contributed by atoms with Gasteiger partial charge >= 0.3 is 0 Å². The predicted octanol–water partition coefficient (Wildman–Crippen LogP) is 6.84. The predicted molar refractivity (Wildman–Crippen MR) is 152 cm³/mol. The van der Waals surface area contributed by atoms with Crippen LogP contribution in [-0.2, 0) is 19.8 Å². The first-order valence-electron chi connectivity index (χ1n) is 12.8. The summed E-state index contributed by atoms with van der Waals surface area (Å²) in [5.41, 5.74) is 6.76. The highest BCUT2D eigenvalue weighted by atomic mass is 35.5. The number of benzene rings is 4. The number of nitrogens with one attached hydrogen (secondary N) is 1. The maximum absolute atomic E-state index is 9.19. The lowest BCUT2D eigenvalue weighted by atomic mass is 9.96. The molecule has 39 heavy (non-hydrogen) atoms. The van der Waals surface area contributed by atoms with Gasteiger partial charge in [-0.2, -0.15) is 5.26 Å². The molecule has 0 unspecified atom stereocenters. The van der Waals surface area contributed by atoms with E-state index in [9.17, 15) is 5.26 Å². The lowest BCUT2D eigenvalue weighted by Crippen LogP contribution is -2.15. The molecule has 1 aliphatic rings. The Morgan fingerprint density at radius 3 is 2.49 bits per heavy atom. The van der Waals surface area contributed by atoms with Crippen LogP contribution in [0.1, 0.15) is 27.8 Å². The molecule has 0 aromatic heterocycles. The van der Waals surface area contributed by atoms with E-state index in [1.54, 1.807) is 6.07 Å². The van der Waals surface area contributed by atoms with Crippen LogP contribution >= 0.6 is 11.6 Å². The lowest BCUT2D eigenvalue weighted by Gasteiger charge is -2.20. The molecule has 0 aliphatic carbocycles. The van der Waals surface area contributed by atoms with Crippen LogP contribution < -0.4 is 24.3 Å². The van der Waals surface area contributed by atoms with Gasteiger partial charge in [-0.15, -0.1) is 0 Å². The summed E-state index contributed by atoms with van der Waals surface area (Å²) < 4.78 is 23.8. The molecule has 0 saturated heterocycles. The monoisotopic (exact) mass is 540 g/mol. The molecule has 198 valence electrons. The summed E-state index contributed by atoms with van der Waals surface area (Å²) in [5.74, 6) is 2.75. The normalized spacial score (nSPS) is 12.1. The SMILES string of the molecule is CNCc1cc(Cl)c(OCc2cccc(-c3ccc4c(c3)OCCO4)c2C)cc1OCc1cccc(C#N)c1. The molecule has 0 bridgehead atoms. The van der Waals surface area contributed by atoms with Crippen LogP contribution in [0.4, 0.5) is 0 Å². The van der Waals surface area contributed by atoms with Crippen molar-refractivity contribution in [1.29, 1.82) is 5.26 Å². The van der Waals surface area contributed by atoms with Gasteiger partial charge in [-0.05, 0) is 72.1 Å². The summed E-state index contributed by atoms with van der Waals surface area (Å²) >= 11 is 6.62. The van der Waals surface area contributed by atoms with Crippen LogP contribution in [-0.4, -0.2) is 20.3 Å². The minimum atomic E-state index is 0.323. The van der Waals surface area contributed by atoms with Crippen molar-refractivity contribution in [3.63, 3.8) is 0 Å². The van der Waals surface area contributed by atoms with Gasteiger partial charge in [0.15, 0.2) is 11.5 Å². The summed E-state index contributed by atoms with van der Waals surface area (Å²) in [6.07, 6.45) is 0. The van der Waals surface area contributed by atoms with Gasteiger partial charge < -0.3 is 24.3 Å². The molecular weight excluding hydrogens is 512 g/mol. The zero-order valence-electron chi connectivity index (χ0n) is 21.9. The van der Waals surface area contributed by atoms with Crippen molar-refractivity contribution >= 4 is 11.6 Å². The summed E-state index contributed by atoms with van der Waals surface area (Å²) in [7, 11) is 1.87. The molecule has 0 saturated carbocycles. The zero-order chi connectivity index (χ0) is 27.2. The quantitative estimate of drug-likeness (QED) is 0.251. The van der Waals surface area contributed by atoms with Crippen molar-refractivity contribution in [3.8, 4) is 40.2 Å². The van der Waals surface area contributed by atoms with Gasteiger partial charge in [0, 0.05) is 18.2 Å². The van der Waals surface area contributed by atoms with Crippen molar-refractivity contribution in [1.82, 2.24) is 5.32 Å². The Hall–Kier alpha value is -4.18. The van der Waals surface area contributed by atoms with Crippen LogP contribution in [0.3, 0.4) is 0 Å². The molecule has 4 aromatic carbocycles. The van der Waals surface area contributed by atoms with E-state index in [2.05, 4.69) is 30.4 Å². The number of hydrogen-bond acceptors (Lipinski definition) is 6. The van der Waals surface area contributed by atoms with Gasteiger partial charge in [-0.3, -0.25) is 0 Å². The van der Waals surface area contributed by atoms with Crippen LogP contribution in [0.5, 0.6) is 23.0 Å². The van der Waals surface area contributed by atoms with E-state index in [4.69, 9.17) is 30.5 Å². The molecule has 6 nitrogen and oxygen atoms in total. The van der Waals surface area contributed by atoms with Crippen LogP contribution in [0.2, 0.25) is 5.02 Å². The fourth-order valence-corrected chi connectivity index (χ4v) is 4.80. The van der Waals surface area contributed by atoms with E-state index in [-0.39, 0.29) is 0 Å². The summed E-state index contributed by atoms with van der Waals surface area (Å²) in [6.45, 7) is 4.46. The van der Waals surface area contributed by atoms with Gasteiger partial charge in [-0.1, -0.05) is 48.0 Å². The Morgan fingerprint density at radius 1 is 0.872 bits per heavy atom. The van der Waals surface area contributed by atoms with Crippen LogP contribution in [0.15, 0.2) is 72.8 Å². The van der Waals surface area contributed by atoms with Crippen LogP contribution in [0, 0.1) is 18.3 Å². The first kappa shape index (κ1) is 26.4. The average molecular weight is 541 g/mol. The first-order valence-corrected chi connectivity index (χ1v) is 13.1. The van der Waals surface area contributed by atoms with Gasteiger partial charge in [0.25, 0.3) is 0 Å². The number of ether oxygens (including phenoxy) is 4. The molecule has 0 amide bonds. The molecule has 1 aliphatic heterocycles. The van der Waals surface area contributed by atoms with E-state index in [0.717, 1.165) is 44.9 Å². The molecule has 1 heterocycles. The summed E-state index contributed by atoms with van der Waals surface area (Å²) in [5, 5.41) is 12.9. The highest BCUT2D eigenvalue weighted by molar-refractivity contribution is 6.32. The van der Waals surface area contributed by atoms with Gasteiger partial charge in [0.1, 0.15) is 37.9 Å². The number of nitrogens with zero attached hydrogens (tertiary/aromatic N) is 1. The van der Waals surface area contributed by atoms with E-state index in [1.165, 1.54) is 0 Å². The molecule has 1 N–H and O–H groups in total. The van der Waals surface area contributed by atoms with E-state index < -0.39 is 0 Å². The molecule has 4 aromatic rings. The van der Waals surface area contributed by atoms with Gasteiger partial charge in [-0.25, -0.2) is 0 Å². The summed E-state index contributed by atoms with van der Waals surface area (Å²) in [6, 6.07) is 25.5. The standard InChI is InChI=1S/C32H29ClN2O4/c1-21-25(7-4-8-27(21)24-9-10-29-32(15-24)37-12-11-36-29)20-39-31-16-30(26(18-35-2)14-28(31)33)38-19-23-6-3-5-22(13-23)17-34/h3-10,13-16,35H,11-12,18-20H2,1-2H3. The second-order valence-electron chi connectivity index (χ2n) is 9.26. The van der Waals surface area contributed by atoms with Gasteiger partial charge in [0.05, 0.1) is 16.7 Å². The maximum atomic E-state index is 9.19. The van der Waals surface area contributed by atoms with Crippen molar-refractivity contribution < 1.29 is 18.9 Å². The number of fused-ring (bicyclic) bond motifs is 1. The first-order chi connectivity index (χ1) is 19.1. The highest BCUT2D eigenvalue weighted by Crippen LogP contribution is 2.37. The number of nitriles is 1. The van der Waals surface area contributed by atoms with Crippen molar-refractivity contribution in [2.24, 2.45) is 0 Å². The van der Waals surface area contributed by atoms with Crippen molar-refractivity contribution in [2.75, 3.05) is 20.3 Å². The number of hydrogen-bond donors (Lipinski definition) is 1. The maximum Gasteiger partial charge on any atom is 0.161 e. The largest absolute Gasteiger partial charge is 0.488 e. The molecule has 0 atom stereocenters. The Labute approximate surface area is 233 Å². The third kappa shape index (κ3) is 6.12. The third-order valence-electron chi connectivity index (χ3n) is 6.62. The fraction of sp³-hybridized carbons (Fsp3) is 0.219. The molecule has 0 spiro atoms. The highest BCUT2D eigenvalue weighted by Gasteiger charge is 2.16. The molecule has 0 fully saturated rings. The number of rotatable bonds is 9. The number of halogens is 1. The Balaban J connectivity index is 1.35. The molecule has 0 radical (unpaired) electrons. The fourth-order valence-electron chi connectivity index (χ4n) is 4.56. The van der Waals surface area contributed by atoms with E-state index >= 15 is 0 Å². The van der Waals surface area contributed by atoms with E-state index in [0.29, 0.717) is 55.1 Å². The lowest BCUT2D eigenvalue weighted by molar-refractivity contribution is 0.171. The Morgan fingerprint density at radius 2 is 1.67 bits per heavy atom. The minimum Gasteiger partial charge on any atom is -0.488 e. The smallest absolute Gasteiger partial charge is 0.161 e. The minimum absolute atomic E-state index is 0.323. The van der Waals surface area contributed by atoms with Crippen LogP contribution in [0.25, 0.3) is 11.1 Å².